The molecule has 1 aliphatic carbocycles. The average molecular weight is 415 g/mol. The molecule has 4 aromatic rings. The Kier molecular flexibility index (Phi) is 4.00. The molecule has 0 bridgehead atoms. The summed E-state index contributed by atoms with van der Waals surface area (Å²) in [4.78, 5) is 14.3. The Morgan fingerprint density at radius 1 is 0.688 bits per heavy atom. The zero-order valence-electron chi connectivity index (χ0n) is 17.8. The summed E-state index contributed by atoms with van der Waals surface area (Å²) in [6.07, 6.45) is 1.81. The monoisotopic (exact) mass is 414 g/mol. The van der Waals surface area contributed by atoms with Crippen LogP contribution in [0, 0.1) is 6.92 Å². The fourth-order valence-electron chi connectivity index (χ4n) is 5.59. The molecule has 2 aliphatic rings. The van der Waals surface area contributed by atoms with Crippen molar-refractivity contribution in [2.24, 2.45) is 0 Å². The number of allylic oxidation sites excluding steroid dienone is 1. The van der Waals surface area contributed by atoms with Gasteiger partial charge in [0.25, 0.3) is 0 Å². The lowest BCUT2D eigenvalue weighted by Gasteiger charge is -2.41. The molecule has 0 N–H and O–H groups in total. The Morgan fingerprint density at radius 2 is 1.34 bits per heavy atom. The van der Waals surface area contributed by atoms with Crippen molar-refractivity contribution < 1.29 is 9.53 Å². The first kappa shape index (κ1) is 18.8. The van der Waals surface area contributed by atoms with Crippen LogP contribution in [0.3, 0.4) is 0 Å². The minimum Gasteiger partial charge on any atom is -0.476 e. The number of carbonyl (C=O) groups excluding carboxylic acids is 1. The smallest absolute Gasteiger partial charge is 0.181 e. The molecule has 32 heavy (non-hydrogen) atoms. The van der Waals surface area contributed by atoms with Crippen molar-refractivity contribution in [2.75, 3.05) is 0 Å². The molecule has 0 radical (unpaired) electrons. The van der Waals surface area contributed by atoms with Crippen molar-refractivity contribution in [3.05, 3.63) is 143 Å². The van der Waals surface area contributed by atoms with E-state index >= 15 is 0 Å². The highest BCUT2D eigenvalue weighted by molar-refractivity contribution is 6.16. The molecule has 0 amide bonds. The number of ether oxygens (including phenoxy) is 1. The third kappa shape index (κ3) is 2.27. The van der Waals surface area contributed by atoms with Gasteiger partial charge >= 0.3 is 0 Å². The number of fused-ring (bicyclic) bond motifs is 3. The van der Waals surface area contributed by atoms with Crippen LogP contribution in [0.4, 0.5) is 0 Å². The molecule has 6 rings (SSSR count). The number of hydrogen-bond donors (Lipinski definition) is 0. The Bertz CT molecular complexity index is 1370. The van der Waals surface area contributed by atoms with E-state index in [1.807, 2.05) is 66.7 Å². The minimum absolute atomic E-state index is 0.0516. The van der Waals surface area contributed by atoms with E-state index in [2.05, 4.69) is 49.4 Å². The molecule has 0 aromatic heterocycles. The molecule has 2 heteroatoms. The Morgan fingerprint density at radius 3 is 2.09 bits per heavy atom. The predicted octanol–water partition coefficient (Wildman–Crippen LogP) is 6.24. The summed E-state index contributed by atoms with van der Waals surface area (Å²) in [6.45, 7) is 2.07. The van der Waals surface area contributed by atoms with Gasteiger partial charge < -0.3 is 4.74 Å². The van der Waals surface area contributed by atoms with E-state index in [4.69, 9.17) is 4.74 Å². The number of benzene rings is 4. The standard InChI is InChI=1S/C30H22O2/c1-21-11-10-16-24(19-21)29-25-17-8-9-18-27(25)32-30(29,23-14-6-3-7-15-23)26(20-28(29)31)22-12-4-2-5-13-22/h2-20H,1H3/t29-,30+/m0/s1. The summed E-state index contributed by atoms with van der Waals surface area (Å²) in [5, 5.41) is 0. The maximum atomic E-state index is 14.3. The van der Waals surface area contributed by atoms with Crippen LogP contribution in [-0.4, -0.2) is 5.78 Å². The van der Waals surface area contributed by atoms with Crippen LogP contribution in [0.15, 0.2) is 115 Å². The number of rotatable bonds is 3. The zero-order valence-corrected chi connectivity index (χ0v) is 17.8. The van der Waals surface area contributed by atoms with Gasteiger partial charge in [0.2, 0.25) is 0 Å². The third-order valence-corrected chi connectivity index (χ3v) is 6.82. The third-order valence-electron chi connectivity index (χ3n) is 6.82. The molecule has 2 nitrogen and oxygen atoms in total. The van der Waals surface area contributed by atoms with Crippen molar-refractivity contribution in [3.63, 3.8) is 0 Å². The number of para-hydroxylation sites is 1. The summed E-state index contributed by atoms with van der Waals surface area (Å²) in [5.41, 5.74) is 3.86. The Hall–Kier alpha value is -3.91. The lowest BCUT2D eigenvalue weighted by molar-refractivity contribution is -0.120. The van der Waals surface area contributed by atoms with Gasteiger partial charge in [-0.2, -0.15) is 0 Å². The maximum absolute atomic E-state index is 14.3. The van der Waals surface area contributed by atoms with Crippen LogP contribution >= 0.6 is 0 Å². The summed E-state index contributed by atoms with van der Waals surface area (Å²) in [5.74, 6) is 0.809. The molecular formula is C30H22O2. The van der Waals surface area contributed by atoms with Gasteiger partial charge in [0, 0.05) is 16.7 Å². The molecule has 0 spiro atoms. The van der Waals surface area contributed by atoms with Crippen molar-refractivity contribution in [3.8, 4) is 5.75 Å². The van der Waals surface area contributed by atoms with Crippen LogP contribution in [-0.2, 0) is 15.8 Å². The van der Waals surface area contributed by atoms with Crippen LogP contribution in [0.5, 0.6) is 5.75 Å². The van der Waals surface area contributed by atoms with Crippen LogP contribution in [0.2, 0.25) is 0 Å². The Labute approximate surface area is 187 Å². The van der Waals surface area contributed by atoms with Gasteiger partial charge in [-0.25, -0.2) is 0 Å². The molecule has 1 heterocycles. The summed E-state index contributed by atoms with van der Waals surface area (Å²) in [6, 6.07) is 36.6. The summed E-state index contributed by atoms with van der Waals surface area (Å²) < 4.78 is 6.95. The van der Waals surface area contributed by atoms with Crippen LogP contribution in [0.1, 0.15) is 27.8 Å². The van der Waals surface area contributed by atoms with Crippen molar-refractivity contribution in [2.45, 2.75) is 17.9 Å². The SMILES string of the molecule is Cc1cccc([C@]23C(=O)C=C(c4ccccc4)[C@@]2(c2ccccc2)Oc2ccccc23)c1. The first-order valence-electron chi connectivity index (χ1n) is 10.9. The second kappa shape index (κ2) is 6.80. The molecule has 0 saturated heterocycles. The van der Waals surface area contributed by atoms with Gasteiger partial charge in [-0.3, -0.25) is 4.79 Å². The number of ketones is 1. The van der Waals surface area contributed by atoms with E-state index < -0.39 is 11.0 Å². The lowest BCUT2D eigenvalue weighted by Crippen LogP contribution is -2.51. The number of hydrogen-bond acceptors (Lipinski definition) is 2. The van der Waals surface area contributed by atoms with Crippen molar-refractivity contribution in [1.29, 1.82) is 0 Å². The normalized spacial score (nSPS) is 23.3. The van der Waals surface area contributed by atoms with Crippen LogP contribution < -0.4 is 4.74 Å². The first-order chi connectivity index (χ1) is 15.7. The van der Waals surface area contributed by atoms with Crippen LogP contribution in [0.25, 0.3) is 5.57 Å². The molecule has 0 fully saturated rings. The second-order valence-electron chi connectivity index (χ2n) is 8.55. The highest BCUT2D eigenvalue weighted by Crippen LogP contribution is 2.66. The molecule has 4 aromatic carbocycles. The van der Waals surface area contributed by atoms with E-state index in [9.17, 15) is 4.79 Å². The maximum Gasteiger partial charge on any atom is 0.181 e. The zero-order chi connectivity index (χ0) is 21.8. The van der Waals surface area contributed by atoms with E-state index in [0.717, 1.165) is 39.1 Å². The molecule has 2 atom stereocenters. The largest absolute Gasteiger partial charge is 0.476 e. The van der Waals surface area contributed by atoms with Crippen molar-refractivity contribution in [1.82, 2.24) is 0 Å². The molecule has 0 unspecified atom stereocenters. The summed E-state index contributed by atoms with van der Waals surface area (Å²) in [7, 11) is 0. The number of carbonyl (C=O) groups is 1. The number of aryl methyl sites for hydroxylation is 1. The van der Waals surface area contributed by atoms with Gasteiger partial charge in [0.1, 0.15) is 11.2 Å². The van der Waals surface area contributed by atoms with Gasteiger partial charge in [0.05, 0.1) is 0 Å². The molecule has 1 aliphatic heterocycles. The fraction of sp³-hybridized carbons (Fsp3) is 0.100. The minimum atomic E-state index is -0.998. The first-order valence-corrected chi connectivity index (χ1v) is 10.9. The highest BCUT2D eigenvalue weighted by atomic mass is 16.5. The highest BCUT2D eigenvalue weighted by Gasteiger charge is 2.70. The fourth-order valence-corrected chi connectivity index (χ4v) is 5.59. The van der Waals surface area contributed by atoms with Crippen molar-refractivity contribution >= 4 is 11.4 Å². The van der Waals surface area contributed by atoms with Gasteiger partial charge in [-0.15, -0.1) is 0 Å². The quantitative estimate of drug-likeness (QED) is 0.397. The topological polar surface area (TPSA) is 26.3 Å². The van der Waals surface area contributed by atoms with Gasteiger partial charge in [-0.1, -0.05) is 109 Å². The second-order valence-corrected chi connectivity index (χ2v) is 8.55. The van der Waals surface area contributed by atoms with E-state index in [-0.39, 0.29) is 5.78 Å². The molecule has 154 valence electrons. The Balaban J connectivity index is 1.77. The van der Waals surface area contributed by atoms with E-state index in [0.29, 0.717) is 0 Å². The molecule has 0 saturated carbocycles. The van der Waals surface area contributed by atoms with E-state index in [1.54, 1.807) is 6.08 Å². The molecular weight excluding hydrogens is 392 g/mol. The average Bonchev–Trinajstić information content (AvgIpc) is 3.29. The van der Waals surface area contributed by atoms with Gasteiger partial charge in [-0.05, 0) is 30.2 Å². The summed E-state index contributed by atoms with van der Waals surface area (Å²) >= 11 is 0. The lowest BCUT2D eigenvalue weighted by atomic mass is 9.60. The van der Waals surface area contributed by atoms with E-state index in [1.165, 1.54) is 0 Å². The van der Waals surface area contributed by atoms with Gasteiger partial charge in [0.15, 0.2) is 11.4 Å². The predicted molar refractivity (Wildman–Crippen MR) is 127 cm³/mol.